The molecular formula is C48H33N3S. The minimum atomic E-state index is -0.164. The topological polar surface area (TPSA) is 38.7 Å². The molecule has 10 rings (SSSR count). The maximum atomic E-state index is 5.16. The van der Waals surface area contributed by atoms with Crippen molar-refractivity contribution in [2.24, 2.45) is 0 Å². The molecule has 2 heterocycles. The molecule has 2 aromatic heterocycles. The van der Waals surface area contributed by atoms with E-state index in [-0.39, 0.29) is 5.41 Å². The Morgan fingerprint density at radius 3 is 1.69 bits per heavy atom. The normalized spacial score (nSPS) is 13.0. The summed E-state index contributed by atoms with van der Waals surface area (Å²) in [5, 5.41) is 2.59. The summed E-state index contributed by atoms with van der Waals surface area (Å²) in [4.78, 5) is 15.3. The summed E-state index contributed by atoms with van der Waals surface area (Å²) in [6.07, 6.45) is 0. The van der Waals surface area contributed by atoms with Crippen LogP contribution in [0.2, 0.25) is 0 Å². The third kappa shape index (κ3) is 4.98. The first-order valence-corrected chi connectivity index (χ1v) is 18.5. The first kappa shape index (κ1) is 30.6. The molecule has 9 aromatic rings. The van der Waals surface area contributed by atoms with Crippen LogP contribution < -0.4 is 0 Å². The molecule has 0 radical (unpaired) electrons. The van der Waals surface area contributed by atoms with Crippen molar-refractivity contribution < 1.29 is 0 Å². The lowest BCUT2D eigenvalue weighted by Crippen LogP contribution is -2.16. The van der Waals surface area contributed by atoms with E-state index in [9.17, 15) is 0 Å². The van der Waals surface area contributed by atoms with Gasteiger partial charge in [-0.3, -0.25) is 0 Å². The second-order valence-corrected chi connectivity index (χ2v) is 15.1. The lowest BCUT2D eigenvalue weighted by molar-refractivity contribution is 0.662. The fraction of sp³-hybridized carbons (Fsp3) is 0.0625. The molecule has 1 aliphatic rings. The third-order valence-corrected chi connectivity index (χ3v) is 11.6. The van der Waals surface area contributed by atoms with Crippen LogP contribution in [0.25, 0.3) is 87.7 Å². The zero-order valence-corrected chi connectivity index (χ0v) is 29.7. The summed E-state index contributed by atoms with van der Waals surface area (Å²) in [5.41, 5.74) is 12.7. The van der Waals surface area contributed by atoms with Gasteiger partial charge in [-0.25, -0.2) is 15.0 Å². The Labute approximate surface area is 307 Å². The van der Waals surface area contributed by atoms with Crippen LogP contribution in [0.5, 0.6) is 0 Å². The van der Waals surface area contributed by atoms with E-state index in [0.717, 1.165) is 33.4 Å². The zero-order valence-electron chi connectivity index (χ0n) is 28.8. The van der Waals surface area contributed by atoms with Crippen molar-refractivity contribution in [2.75, 3.05) is 0 Å². The second-order valence-electron chi connectivity index (χ2n) is 14.0. The number of aromatic nitrogens is 3. The summed E-state index contributed by atoms with van der Waals surface area (Å²) in [6.45, 7) is 4.71. The molecule has 3 nitrogen and oxygen atoms in total. The van der Waals surface area contributed by atoms with Gasteiger partial charge >= 0.3 is 0 Å². The number of benzene rings is 7. The van der Waals surface area contributed by atoms with Gasteiger partial charge in [0.05, 0.1) is 0 Å². The predicted molar refractivity (Wildman–Crippen MR) is 217 cm³/mol. The van der Waals surface area contributed by atoms with Crippen LogP contribution in [0.3, 0.4) is 0 Å². The summed E-state index contributed by atoms with van der Waals surface area (Å²) in [7, 11) is 0. The predicted octanol–water partition coefficient (Wildman–Crippen LogP) is 12.9. The van der Waals surface area contributed by atoms with Gasteiger partial charge in [-0.05, 0) is 74.8 Å². The van der Waals surface area contributed by atoms with Gasteiger partial charge in [0.1, 0.15) is 0 Å². The van der Waals surface area contributed by atoms with Crippen molar-refractivity contribution in [1.82, 2.24) is 15.0 Å². The van der Waals surface area contributed by atoms with Gasteiger partial charge in [0.25, 0.3) is 0 Å². The average Bonchev–Trinajstić information content (AvgIpc) is 3.70. The van der Waals surface area contributed by atoms with E-state index in [1.807, 2.05) is 47.7 Å². The van der Waals surface area contributed by atoms with Crippen molar-refractivity contribution in [3.8, 4) is 67.5 Å². The van der Waals surface area contributed by atoms with E-state index in [2.05, 4.69) is 141 Å². The Morgan fingerprint density at radius 1 is 0.385 bits per heavy atom. The molecule has 0 spiro atoms. The van der Waals surface area contributed by atoms with E-state index in [4.69, 9.17) is 15.0 Å². The second kappa shape index (κ2) is 11.9. The average molecular weight is 684 g/mol. The van der Waals surface area contributed by atoms with Crippen molar-refractivity contribution in [1.29, 1.82) is 0 Å². The molecule has 7 aromatic carbocycles. The summed E-state index contributed by atoms with van der Waals surface area (Å²) in [5.74, 6) is 1.95. The number of hydrogen-bond donors (Lipinski definition) is 0. The van der Waals surface area contributed by atoms with E-state index in [0.29, 0.717) is 17.5 Å². The number of hydrogen-bond acceptors (Lipinski definition) is 4. The minimum absolute atomic E-state index is 0.164. The van der Waals surface area contributed by atoms with Crippen molar-refractivity contribution in [2.45, 2.75) is 19.3 Å². The van der Waals surface area contributed by atoms with E-state index < -0.39 is 0 Å². The van der Waals surface area contributed by atoms with Gasteiger partial charge in [0.2, 0.25) is 0 Å². The highest BCUT2D eigenvalue weighted by molar-refractivity contribution is 7.25. The molecule has 0 atom stereocenters. The Bertz CT molecular complexity index is 2760. The fourth-order valence-electron chi connectivity index (χ4n) is 8.01. The molecule has 0 unspecified atom stereocenters. The third-order valence-electron chi connectivity index (χ3n) is 10.5. The van der Waals surface area contributed by atoms with Crippen LogP contribution >= 0.6 is 11.3 Å². The van der Waals surface area contributed by atoms with Crippen LogP contribution in [0.15, 0.2) is 164 Å². The number of nitrogens with zero attached hydrogens (tertiary/aromatic N) is 3. The van der Waals surface area contributed by atoms with Crippen molar-refractivity contribution in [3.05, 3.63) is 175 Å². The molecule has 0 aliphatic heterocycles. The number of fused-ring (bicyclic) bond motifs is 6. The number of thiophene rings is 1. The standard InChI is InChI=1S/C48H33N3S/c1-48(2)41-22-11-9-18-37(41)40-21-13-20-36(44(40)48)34-26-33(32-24-25-39-38-19-10-12-23-42(38)52-43(39)29-32)27-35(28-34)47-50-45(30-14-5-3-6-15-30)49-46(51-47)31-16-7-4-8-17-31/h3-29H,1-2H3. The van der Waals surface area contributed by atoms with Crippen molar-refractivity contribution in [3.63, 3.8) is 0 Å². The Hall–Kier alpha value is -6.23. The maximum Gasteiger partial charge on any atom is 0.164 e. The smallest absolute Gasteiger partial charge is 0.164 e. The molecule has 0 amide bonds. The molecule has 0 N–H and O–H groups in total. The van der Waals surface area contributed by atoms with Gasteiger partial charge < -0.3 is 0 Å². The van der Waals surface area contributed by atoms with Gasteiger partial charge in [-0.2, -0.15) is 0 Å². The molecule has 52 heavy (non-hydrogen) atoms. The Morgan fingerprint density at radius 2 is 0.942 bits per heavy atom. The van der Waals surface area contributed by atoms with E-state index in [1.165, 1.54) is 48.0 Å². The lowest BCUT2D eigenvalue weighted by Gasteiger charge is -2.25. The lowest BCUT2D eigenvalue weighted by atomic mass is 9.78. The summed E-state index contributed by atoms with van der Waals surface area (Å²) >= 11 is 1.85. The molecule has 0 fully saturated rings. The largest absolute Gasteiger partial charge is 0.208 e. The fourth-order valence-corrected chi connectivity index (χ4v) is 9.16. The highest BCUT2D eigenvalue weighted by atomic mass is 32.1. The van der Waals surface area contributed by atoms with Gasteiger partial charge in [-0.1, -0.05) is 147 Å². The first-order valence-electron chi connectivity index (χ1n) is 17.7. The quantitative estimate of drug-likeness (QED) is 0.181. The van der Waals surface area contributed by atoms with Gasteiger partial charge in [0.15, 0.2) is 17.5 Å². The van der Waals surface area contributed by atoms with Crippen LogP contribution in [-0.2, 0) is 5.41 Å². The highest BCUT2D eigenvalue weighted by Crippen LogP contribution is 2.52. The molecule has 0 saturated heterocycles. The molecule has 1 aliphatic carbocycles. The molecular weight excluding hydrogens is 651 g/mol. The van der Waals surface area contributed by atoms with Gasteiger partial charge in [-0.15, -0.1) is 11.3 Å². The zero-order chi connectivity index (χ0) is 34.8. The van der Waals surface area contributed by atoms with Crippen LogP contribution in [0.4, 0.5) is 0 Å². The molecule has 4 heteroatoms. The van der Waals surface area contributed by atoms with E-state index in [1.54, 1.807) is 0 Å². The Balaban J connectivity index is 1.23. The monoisotopic (exact) mass is 683 g/mol. The van der Waals surface area contributed by atoms with Crippen LogP contribution in [-0.4, -0.2) is 15.0 Å². The van der Waals surface area contributed by atoms with Gasteiger partial charge in [0, 0.05) is 42.3 Å². The van der Waals surface area contributed by atoms with Crippen molar-refractivity contribution >= 4 is 31.5 Å². The number of rotatable bonds is 5. The van der Waals surface area contributed by atoms with Crippen LogP contribution in [0, 0.1) is 0 Å². The Kier molecular flexibility index (Phi) is 7.02. The minimum Gasteiger partial charge on any atom is -0.208 e. The van der Waals surface area contributed by atoms with Crippen LogP contribution in [0.1, 0.15) is 25.0 Å². The highest BCUT2D eigenvalue weighted by Gasteiger charge is 2.37. The first-order chi connectivity index (χ1) is 25.5. The molecule has 0 bridgehead atoms. The molecule has 246 valence electrons. The maximum absolute atomic E-state index is 5.16. The molecule has 0 saturated carbocycles. The SMILES string of the molecule is CC1(C)c2ccccc2-c2cccc(-c3cc(-c4ccc5c(c4)sc4ccccc45)cc(-c4nc(-c5ccccc5)nc(-c5ccccc5)n4)c3)c21. The van der Waals surface area contributed by atoms with E-state index >= 15 is 0 Å². The summed E-state index contributed by atoms with van der Waals surface area (Å²) < 4.78 is 2.58. The summed E-state index contributed by atoms with van der Waals surface area (Å²) in [6, 6.07) is 58.4.